The van der Waals surface area contributed by atoms with Crippen molar-refractivity contribution in [2.24, 2.45) is 0 Å². The Morgan fingerprint density at radius 1 is 0.565 bits per heavy atom. The number of nitrogens with one attached hydrogen (secondary N) is 2. The molecule has 0 bridgehead atoms. The van der Waals surface area contributed by atoms with Crippen LogP contribution in [0, 0.1) is 10.8 Å². The van der Waals surface area contributed by atoms with Crippen LogP contribution >= 0.6 is 0 Å². The molecule has 2 N–H and O–H groups in total. The van der Waals surface area contributed by atoms with Gasteiger partial charge in [0.15, 0.2) is 0 Å². The molecule has 1 heterocycles. The molecule has 0 aliphatic carbocycles. The van der Waals surface area contributed by atoms with Crippen LogP contribution in [-0.2, 0) is 0 Å². The maximum atomic E-state index is 8.63. The summed E-state index contributed by atoms with van der Waals surface area (Å²) >= 11 is 0. The van der Waals surface area contributed by atoms with E-state index in [4.69, 9.17) is 10.8 Å². The van der Waals surface area contributed by atoms with E-state index in [1.54, 1.807) is 4.90 Å². The first-order valence-corrected chi connectivity index (χ1v) is 7.49. The number of hydrogen-bond acceptors (Lipinski definition) is 2. The minimum atomic E-state index is 0.356. The zero-order chi connectivity index (χ0) is 15.8. The molecule has 0 fully saturated rings. The third-order valence-electron chi connectivity index (χ3n) is 4.10. The zero-order valence-electron chi connectivity index (χ0n) is 12.5. The van der Waals surface area contributed by atoms with E-state index in [2.05, 4.69) is 0 Å². The normalized spacial score (nSPS) is 13.3. The lowest BCUT2D eigenvalue weighted by molar-refractivity contribution is 1.34. The maximum absolute atomic E-state index is 8.63. The molecule has 0 aromatic heterocycles. The van der Waals surface area contributed by atoms with Crippen LogP contribution in [0.25, 0.3) is 11.1 Å². The number of rotatable bonds is 2. The van der Waals surface area contributed by atoms with E-state index < -0.39 is 0 Å². The Labute approximate surface area is 134 Å². The van der Waals surface area contributed by atoms with E-state index in [9.17, 15) is 0 Å². The Kier molecular flexibility index (Phi) is 3.05. The van der Waals surface area contributed by atoms with Gasteiger partial charge in [0.1, 0.15) is 11.7 Å². The second-order valence-electron chi connectivity index (χ2n) is 5.46. The summed E-state index contributed by atoms with van der Waals surface area (Å²) in [6.07, 6.45) is 0. The summed E-state index contributed by atoms with van der Waals surface area (Å²) in [4.78, 5) is 1.69. The first kappa shape index (κ1) is 13.5. The third kappa shape index (κ3) is 2.06. The Bertz CT molecular complexity index is 899. The van der Waals surface area contributed by atoms with Gasteiger partial charge < -0.3 is 0 Å². The van der Waals surface area contributed by atoms with Crippen molar-refractivity contribution in [3.63, 3.8) is 0 Å². The molecule has 3 aromatic carbocycles. The van der Waals surface area contributed by atoms with Gasteiger partial charge in [-0.3, -0.25) is 15.7 Å². The molecular formula is C20H15N3. The van der Waals surface area contributed by atoms with Gasteiger partial charge in [0.05, 0.1) is 0 Å². The molecule has 1 aliphatic heterocycles. The molecule has 3 nitrogen and oxygen atoms in total. The predicted molar refractivity (Wildman–Crippen MR) is 94.5 cm³/mol. The van der Waals surface area contributed by atoms with Crippen molar-refractivity contribution in [3.05, 3.63) is 90.0 Å². The number of para-hydroxylation sites is 1. The highest BCUT2D eigenvalue weighted by Crippen LogP contribution is 2.34. The fraction of sp³-hybridized carbons (Fsp3) is 0. The van der Waals surface area contributed by atoms with Crippen LogP contribution in [-0.4, -0.2) is 11.7 Å². The Balaban J connectivity index is 1.89. The van der Waals surface area contributed by atoms with Crippen molar-refractivity contribution in [1.29, 1.82) is 10.8 Å². The summed E-state index contributed by atoms with van der Waals surface area (Å²) in [7, 11) is 0. The summed E-state index contributed by atoms with van der Waals surface area (Å²) < 4.78 is 0. The largest absolute Gasteiger partial charge is 0.283 e. The van der Waals surface area contributed by atoms with E-state index >= 15 is 0 Å². The minimum Gasteiger partial charge on any atom is -0.283 e. The van der Waals surface area contributed by atoms with E-state index in [1.807, 2.05) is 78.9 Å². The van der Waals surface area contributed by atoms with Gasteiger partial charge in [-0.2, -0.15) is 0 Å². The van der Waals surface area contributed by atoms with Gasteiger partial charge in [-0.15, -0.1) is 0 Å². The highest BCUT2D eigenvalue weighted by atomic mass is 15.2. The van der Waals surface area contributed by atoms with Gasteiger partial charge in [-0.05, 0) is 23.3 Å². The van der Waals surface area contributed by atoms with Gasteiger partial charge in [0.25, 0.3) is 0 Å². The molecule has 3 heteroatoms. The molecule has 0 unspecified atom stereocenters. The number of amidine groups is 2. The van der Waals surface area contributed by atoms with Gasteiger partial charge in [0, 0.05) is 16.8 Å². The van der Waals surface area contributed by atoms with Crippen molar-refractivity contribution in [3.8, 4) is 11.1 Å². The fourth-order valence-electron chi connectivity index (χ4n) is 3.04. The van der Waals surface area contributed by atoms with Crippen molar-refractivity contribution >= 4 is 17.4 Å². The van der Waals surface area contributed by atoms with E-state index in [1.165, 1.54) is 0 Å². The molecule has 3 aromatic rings. The minimum absolute atomic E-state index is 0.356. The summed E-state index contributed by atoms with van der Waals surface area (Å²) in [6.45, 7) is 0. The van der Waals surface area contributed by atoms with Crippen molar-refractivity contribution in [2.75, 3.05) is 4.90 Å². The van der Waals surface area contributed by atoms with Gasteiger partial charge in [0.2, 0.25) is 0 Å². The number of nitrogens with zero attached hydrogens (tertiary/aromatic N) is 1. The van der Waals surface area contributed by atoms with Crippen molar-refractivity contribution in [1.82, 2.24) is 0 Å². The summed E-state index contributed by atoms with van der Waals surface area (Å²) in [5.74, 6) is 0.713. The summed E-state index contributed by atoms with van der Waals surface area (Å²) in [5.41, 5.74) is 4.54. The first-order valence-electron chi connectivity index (χ1n) is 7.49. The topological polar surface area (TPSA) is 50.9 Å². The number of fused-ring (bicyclic) bond motifs is 1. The first-order chi connectivity index (χ1) is 11.3. The van der Waals surface area contributed by atoms with Crippen molar-refractivity contribution in [2.45, 2.75) is 0 Å². The monoisotopic (exact) mass is 297 g/mol. The van der Waals surface area contributed by atoms with Gasteiger partial charge in [-0.1, -0.05) is 66.7 Å². The predicted octanol–water partition coefficient (Wildman–Crippen LogP) is 4.52. The molecule has 1 aliphatic rings. The van der Waals surface area contributed by atoms with Crippen LogP contribution in [0.1, 0.15) is 11.1 Å². The van der Waals surface area contributed by atoms with Crippen LogP contribution in [0.3, 0.4) is 0 Å². The average molecular weight is 297 g/mol. The molecule has 0 amide bonds. The highest BCUT2D eigenvalue weighted by molar-refractivity contribution is 6.37. The molecule has 0 radical (unpaired) electrons. The second kappa shape index (κ2) is 5.21. The Morgan fingerprint density at radius 2 is 1.17 bits per heavy atom. The highest BCUT2D eigenvalue weighted by Gasteiger charge is 2.32. The molecule has 0 atom stereocenters. The van der Waals surface area contributed by atoms with E-state index in [0.717, 1.165) is 27.9 Å². The Hall–Kier alpha value is -3.20. The lowest BCUT2D eigenvalue weighted by atomic mass is 9.96. The van der Waals surface area contributed by atoms with Crippen LogP contribution in [0.15, 0.2) is 78.9 Å². The lowest BCUT2D eigenvalue weighted by Gasteiger charge is -2.18. The smallest absolute Gasteiger partial charge is 0.139 e. The van der Waals surface area contributed by atoms with Crippen molar-refractivity contribution < 1.29 is 0 Å². The van der Waals surface area contributed by atoms with Crippen LogP contribution < -0.4 is 4.90 Å². The maximum Gasteiger partial charge on any atom is 0.139 e. The SMILES string of the molecule is N=C1c2cccc(-c3ccccc3)c2C(=N)N1c1ccccc1. The zero-order valence-corrected chi connectivity index (χ0v) is 12.5. The third-order valence-corrected chi connectivity index (χ3v) is 4.10. The summed E-state index contributed by atoms with van der Waals surface area (Å²) in [6, 6.07) is 25.6. The lowest BCUT2D eigenvalue weighted by Crippen LogP contribution is -2.29. The standard InChI is InChI=1S/C20H15N3/c21-19-17-13-7-12-16(14-8-3-1-4-9-14)18(17)20(22)23(19)15-10-5-2-6-11-15/h1-13,21-22H. The molecule has 110 valence electrons. The van der Waals surface area contributed by atoms with E-state index in [-0.39, 0.29) is 0 Å². The molecule has 4 rings (SSSR count). The Morgan fingerprint density at radius 3 is 1.87 bits per heavy atom. The van der Waals surface area contributed by atoms with Crippen LogP contribution in [0.5, 0.6) is 0 Å². The molecule has 0 saturated carbocycles. The molecule has 23 heavy (non-hydrogen) atoms. The van der Waals surface area contributed by atoms with E-state index in [0.29, 0.717) is 11.7 Å². The summed E-state index contributed by atoms with van der Waals surface area (Å²) in [5, 5.41) is 17.1. The number of benzene rings is 3. The number of hydrogen-bond donors (Lipinski definition) is 2. The molecular weight excluding hydrogens is 282 g/mol. The number of anilines is 1. The second-order valence-corrected chi connectivity index (χ2v) is 5.46. The van der Waals surface area contributed by atoms with Crippen LogP contribution in [0.2, 0.25) is 0 Å². The van der Waals surface area contributed by atoms with Crippen LogP contribution in [0.4, 0.5) is 5.69 Å². The molecule has 0 spiro atoms. The van der Waals surface area contributed by atoms with Gasteiger partial charge >= 0.3 is 0 Å². The average Bonchev–Trinajstić information content (AvgIpc) is 2.88. The van der Waals surface area contributed by atoms with Gasteiger partial charge in [-0.25, -0.2) is 0 Å². The quantitative estimate of drug-likeness (QED) is 0.717. The molecule has 0 saturated heterocycles. The fourth-order valence-corrected chi connectivity index (χ4v) is 3.04.